The Bertz CT molecular complexity index is 1170. The van der Waals surface area contributed by atoms with Gasteiger partial charge >= 0.3 is 0 Å². The van der Waals surface area contributed by atoms with Gasteiger partial charge < -0.3 is 25.2 Å². The van der Waals surface area contributed by atoms with Crippen molar-refractivity contribution in [3.8, 4) is 22.8 Å². The number of carbonyl (C=O) groups excluding carboxylic acids is 2. The molecule has 0 atom stereocenters. The van der Waals surface area contributed by atoms with Crippen molar-refractivity contribution in [2.24, 2.45) is 5.73 Å². The molecule has 2 aromatic carbocycles. The van der Waals surface area contributed by atoms with Crippen LogP contribution in [0.15, 0.2) is 60.8 Å². The normalized spacial score (nSPS) is 14.0. The second-order valence-corrected chi connectivity index (χ2v) is 8.61. The maximum absolute atomic E-state index is 12.6. The number of amides is 2. The number of carbonyl (C=O) groups is 2. The minimum atomic E-state index is -0.605. The number of likely N-dealkylation sites (tertiary alicyclic amines) is 1. The molecule has 0 aliphatic carbocycles. The van der Waals surface area contributed by atoms with Crippen molar-refractivity contribution in [1.82, 2.24) is 9.88 Å². The largest absolute Gasteiger partial charge is 0.508 e. The highest BCUT2D eigenvalue weighted by Crippen LogP contribution is 2.27. The van der Waals surface area contributed by atoms with E-state index in [2.05, 4.69) is 4.98 Å². The van der Waals surface area contributed by atoms with Crippen LogP contribution in [0.5, 0.6) is 11.6 Å². The zero-order valence-electron chi connectivity index (χ0n) is 19.6. The van der Waals surface area contributed by atoms with Crippen molar-refractivity contribution in [2.45, 2.75) is 32.0 Å². The summed E-state index contributed by atoms with van der Waals surface area (Å²) in [5.41, 5.74) is 9.44. The molecule has 1 fully saturated rings. The average molecular weight is 476 g/mol. The number of piperidine rings is 1. The third kappa shape index (κ3) is 6.16. The summed E-state index contributed by atoms with van der Waals surface area (Å²) in [7, 11) is 1.65. The Morgan fingerprint density at radius 2 is 1.69 bits per heavy atom. The molecule has 2 amide bonds. The van der Waals surface area contributed by atoms with Crippen LogP contribution < -0.4 is 10.5 Å². The van der Waals surface area contributed by atoms with Gasteiger partial charge in [0.2, 0.25) is 11.8 Å². The van der Waals surface area contributed by atoms with E-state index in [1.807, 2.05) is 29.2 Å². The van der Waals surface area contributed by atoms with E-state index >= 15 is 0 Å². The molecule has 1 aromatic heterocycles. The number of aromatic hydroxyl groups is 1. The minimum Gasteiger partial charge on any atom is -0.508 e. The zero-order chi connectivity index (χ0) is 24.8. The summed E-state index contributed by atoms with van der Waals surface area (Å²) in [4.78, 5) is 31.0. The molecule has 0 spiro atoms. The second kappa shape index (κ2) is 11.0. The molecule has 0 saturated carbocycles. The van der Waals surface area contributed by atoms with Crippen LogP contribution in [-0.4, -0.2) is 53.1 Å². The van der Waals surface area contributed by atoms with E-state index in [1.54, 1.807) is 43.6 Å². The summed E-state index contributed by atoms with van der Waals surface area (Å²) in [5.74, 6) is -0.180. The van der Waals surface area contributed by atoms with Crippen LogP contribution in [0.3, 0.4) is 0 Å². The second-order valence-electron chi connectivity index (χ2n) is 8.61. The molecule has 2 heterocycles. The fraction of sp³-hybridized carbons (Fsp3) is 0.296. The molecule has 35 heavy (non-hydrogen) atoms. The number of phenolic OH excluding ortho intramolecular Hbond substituents is 1. The van der Waals surface area contributed by atoms with E-state index in [0.29, 0.717) is 32.5 Å². The molecule has 8 nitrogen and oxygen atoms in total. The van der Waals surface area contributed by atoms with Gasteiger partial charge in [-0.1, -0.05) is 36.4 Å². The van der Waals surface area contributed by atoms with Gasteiger partial charge in [0.05, 0.1) is 13.0 Å². The molecule has 182 valence electrons. The van der Waals surface area contributed by atoms with Crippen molar-refractivity contribution in [3.05, 3.63) is 77.5 Å². The highest BCUT2D eigenvalue weighted by atomic mass is 16.5. The molecule has 0 radical (unpaired) electrons. The summed E-state index contributed by atoms with van der Waals surface area (Å²) in [6.07, 6.45) is 3.04. The summed E-state index contributed by atoms with van der Waals surface area (Å²) < 4.78 is 11.2. The van der Waals surface area contributed by atoms with Crippen LogP contribution in [-0.2, 0) is 22.6 Å². The quantitative estimate of drug-likeness (QED) is 0.517. The van der Waals surface area contributed by atoms with Gasteiger partial charge in [0.25, 0.3) is 5.91 Å². The highest BCUT2D eigenvalue weighted by molar-refractivity contribution is 5.96. The molecule has 0 bridgehead atoms. The van der Waals surface area contributed by atoms with Crippen molar-refractivity contribution >= 4 is 11.8 Å². The lowest BCUT2D eigenvalue weighted by Gasteiger charge is -2.32. The Morgan fingerprint density at radius 1 is 1.03 bits per heavy atom. The lowest BCUT2D eigenvalue weighted by molar-refractivity contribution is -0.132. The topological polar surface area (TPSA) is 115 Å². The van der Waals surface area contributed by atoms with E-state index in [0.717, 1.165) is 22.3 Å². The molecule has 3 N–H and O–H groups in total. The van der Waals surface area contributed by atoms with Gasteiger partial charge in [-0.3, -0.25) is 9.59 Å². The Labute approximate surface area is 204 Å². The third-order valence-electron chi connectivity index (χ3n) is 6.08. The minimum absolute atomic E-state index is 0.0333. The Kier molecular flexibility index (Phi) is 7.62. The molecule has 1 aliphatic heterocycles. The fourth-order valence-electron chi connectivity index (χ4n) is 4.12. The number of rotatable bonds is 8. The van der Waals surface area contributed by atoms with E-state index in [9.17, 15) is 14.7 Å². The monoisotopic (exact) mass is 475 g/mol. The number of methoxy groups -OCH3 is 1. The molecule has 4 rings (SSSR count). The lowest BCUT2D eigenvalue weighted by Crippen LogP contribution is -2.42. The Balaban J connectivity index is 1.38. The van der Waals surface area contributed by atoms with E-state index in [1.165, 1.54) is 0 Å². The van der Waals surface area contributed by atoms with Crippen LogP contribution in [0.25, 0.3) is 11.1 Å². The Morgan fingerprint density at radius 3 is 2.31 bits per heavy atom. The van der Waals surface area contributed by atoms with E-state index in [-0.39, 0.29) is 35.6 Å². The van der Waals surface area contributed by atoms with Crippen LogP contribution in [0.4, 0.5) is 0 Å². The van der Waals surface area contributed by atoms with Crippen molar-refractivity contribution in [2.75, 3.05) is 20.2 Å². The number of hydrogen-bond donors (Lipinski definition) is 2. The molecule has 3 aromatic rings. The summed E-state index contributed by atoms with van der Waals surface area (Å²) >= 11 is 0. The number of benzene rings is 2. The average Bonchev–Trinajstić information content (AvgIpc) is 2.87. The highest BCUT2D eigenvalue weighted by Gasteiger charge is 2.26. The number of ether oxygens (including phenoxy) is 2. The predicted molar refractivity (Wildman–Crippen MR) is 131 cm³/mol. The number of aromatic nitrogens is 1. The molecule has 1 aliphatic rings. The Hall–Kier alpha value is -3.91. The zero-order valence-corrected chi connectivity index (χ0v) is 19.6. The predicted octanol–water partition coefficient (Wildman–Crippen LogP) is 3.31. The van der Waals surface area contributed by atoms with Crippen molar-refractivity contribution in [1.29, 1.82) is 0 Å². The van der Waals surface area contributed by atoms with Gasteiger partial charge in [-0.2, -0.15) is 0 Å². The number of nitrogens with two attached hydrogens (primary N) is 1. The summed E-state index contributed by atoms with van der Waals surface area (Å²) in [6, 6.07) is 16.2. The van der Waals surface area contributed by atoms with Crippen molar-refractivity contribution < 1.29 is 24.2 Å². The maximum Gasteiger partial charge on any atom is 0.254 e. The SMILES string of the molecule is COCc1ccc(-c2cnc(OC3CCN(C(=O)Cc4ccc(O)cc4)CC3)c(C(N)=O)c2)cc1. The molecule has 8 heteroatoms. The van der Waals surface area contributed by atoms with Gasteiger partial charge in [-0.15, -0.1) is 0 Å². The molecule has 1 saturated heterocycles. The van der Waals surface area contributed by atoms with Gasteiger partial charge in [0, 0.05) is 44.8 Å². The third-order valence-corrected chi connectivity index (χ3v) is 6.08. The maximum atomic E-state index is 12.6. The van der Waals surface area contributed by atoms with Crippen LogP contribution in [0.1, 0.15) is 34.3 Å². The number of primary amides is 1. The van der Waals surface area contributed by atoms with Crippen LogP contribution >= 0.6 is 0 Å². The lowest BCUT2D eigenvalue weighted by atomic mass is 10.0. The first-order chi connectivity index (χ1) is 16.9. The summed E-state index contributed by atoms with van der Waals surface area (Å²) in [6.45, 7) is 1.64. The molecular formula is C27H29N3O5. The van der Waals surface area contributed by atoms with Gasteiger partial charge in [-0.25, -0.2) is 4.98 Å². The fourth-order valence-corrected chi connectivity index (χ4v) is 4.12. The number of hydrogen-bond acceptors (Lipinski definition) is 6. The number of pyridine rings is 1. The smallest absolute Gasteiger partial charge is 0.254 e. The van der Waals surface area contributed by atoms with Crippen LogP contribution in [0.2, 0.25) is 0 Å². The first kappa shape index (κ1) is 24.2. The van der Waals surface area contributed by atoms with E-state index < -0.39 is 5.91 Å². The standard InChI is InChI=1S/C27H29N3O5/c1-34-17-19-2-6-20(7-3-19)21-15-24(26(28)33)27(29-16-21)35-23-10-12-30(13-11-23)25(32)14-18-4-8-22(31)9-5-18/h2-9,15-16,23,31H,10-14,17H2,1H3,(H2,28,33). The molecular weight excluding hydrogens is 446 g/mol. The van der Waals surface area contributed by atoms with Gasteiger partial charge in [0.1, 0.15) is 17.4 Å². The first-order valence-electron chi connectivity index (χ1n) is 11.5. The van der Waals surface area contributed by atoms with Crippen molar-refractivity contribution in [3.63, 3.8) is 0 Å². The number of phenols is 1. The van der Waals surface area contributed by atoms with Gasteiger partial charge in [0.15, 0.2) is 0 Å². The van der Waals surface area contributed by atoms with E-state index in [4.69, 9.17) is 15.2 Å². The summed E-state index contributed by atoms with van der Waals surface area (Å²) in [5, 5.41) is 9.40. The number of nitrogens with zero attached hydrogens (tertiary/aromatic N) is 2. The first-order valence-corrected chi connectivity index (χ1v) is 11.5. The molecule has 0 unspecified atom stereocenters. The van der Waals surface area contributed by atoms with Crippen LogP contribution in [0, 0.1) is 0 Å². The van der Waals surface area contributed by atoms with Gasteiger partial charge in [-0.05, 0) is 34.9 Å².